The van der Waals surface area contributed by atoms with Gasteiger partial charge in [-0.05, 0) is 18.2 Å². The molecular formula is C21H15N5OS. The van der Waals surface area contributed by atoms with Gasteiger partial charge in [0, 0.05) is 23.3 Å². The van der Waals surface area contributed by atoms with Gasteiger partial charge in [0.05, 0.1) is 30.5 Å². The average molecular weight is 385 g/mol. The normalized spacial score (nSPS) is 11.0. The topological polar surface area (TPSA) is 69.6 Å². The predicted molar refractivity (Wildman–Crippen MR) is 108 cm³/mol. The van der Waals surface area contributed by atoms with Gasteiger partial charge < -0.3 is 8.98 Å². The molecule has 0 fully saturated rings. The minimum Gasteiger partial charge on any atom is -0.463 e. The van der Waals surface area contributed by atoms with Crippen molar-refractivity contribution in [2.75, 3.05) is 0 Å². The SMILES string of the molecule is c1ccc(-c2ncn(Cc3csc(-c4ncccn4)n3)c2-c2ccco2)cc1. The Hall–Kier alpha value is -3.58. The summed E-state index contributed by atoms with van der Waals surface area (Å²) in [6.45, 7) is 0.583. The zero-order valence-corrected chi connectivity index (χ0v) is 15.6. The Bertz CT molecular complexity index is 1180. The van der Waals surface area contributed by atoms with Gasteiger partial charge in [0.1, 0.15) is 5.69 Å². The standard InChI is InChI=1S/C21H15N5OS/c1-2-6-15(7-3-1)18-19(17-8-4-11-27-17)26(14-24-18)12-16-13-28-21(25-16)20-22-9-5-10-23-20/h1-11,13-14H,12H2. The Labute approximate surface area is 165 Å². The molecule has 136 valence electrons. The maximum absolute atomic E-state index is 5.69. The van der Waals surface area contributed by atoms with Crippen LogP contribution >= 0.6 is 11.3 Å². The Balaban J connectivity index is 1.53. The minimum atomic E-state index is 0.583. The molecular weight excluding hydrogens is 370 g/mol. The molecule has 1 aromatic carbocycles. The molecule has 0 atom stereocenters. The highest BCUT2D eigenvalue weighted by Gasteiger charge is 2.18. The first kappa shape index (κ1) is 16.6. The van der Waals surface area contributed by atoms with Gasteiger partial charge in [0.2, 0.25) is 0 Å². The second-order valence-electron chi connectivity index (χ2n) is 6.13. The van der Waals surface area contributed by atoms with Crippen LogP contribution in [0.15, 0.2) is 83.3 Å². The number of hydrogen-bond donors (Lipinski definition) is 0. The molecule has 0 saturated heterocycles. The van der Waals surface area contributed by atoms with Gasteiger partial charge in [-0.15, -0.1) is 11.3 Å². The number of hydrogen-bond acceptors (Lipinski definition) is 6. The fourth-order valence-corrected chi connectivity index (χ4v) is 3.80. The van der Waals surface area contributed by atoms with E-state index in [0.717, 1.165) is 33.4 Å². The van der Waals surface area contributed by atoms with Gasteiger partial charge in [0.25, 0.3) is 0 Å². The molecule has 5 aromatic rings. The zero-order valence-electron chi connectivity index (χ0n) is 14.8. The van der Waals surface area contributed by atoms with Gasteiger partial charge in [-0.2, -0.15) is 0 Å². The third-order valence-electron chi connectivity index (χ3n) is 4.28. The maximum Gasteiger partial charge on any atom is 0.188 e. The highest BCUT2D eigenvalue weighted by Crippen LogP contribution is 2.32. The van der Waals surface area contributed by atoms with Crippen molar-refractivity contribution in [3.63, 3.8) is 0 Å². The monoisotopic (exact) mass is 385 g/mol. The van der Waals surface area contributed by atoms with Crippen LogP contribution in [-0.2, 0) is 6.54 Å². The molecule has 0 N–H and O–H groups in total. The quantitative estimate of drug-likeness (QED) is 0.436. The highest BCUT2D eigenvalue weighted by atomic mass is 32.1. The molecule has 6 nitrogen and oxygen atoms in total. The summed E-state index contributed by atoms with van der Waals surface area (Å²) < 4.78 is 7.76. The lowest BCUT2D eigenvalue weighted by Crippen LogP contribution is -2.01. The lowest BCUT2D eigenvalue weighted by molar-refractivity contribution is 0.574. The van der Waals surface area contributed by atoms with Gasteiger partial charge >= 0.3 is 0 Å². The summed E-state index contributed by atoms with van der Waals surface area (Å²) >= 11 is 1.54. The Morgan fingerprint density at radius 2 is 1.79 bits per heavy atom. The molecule has 0 spiro atoms. The van der Waals surface area contributed by atoms with Gasteiger partial charge in [-0.1, -0.05) is 30.3 Å². The van der Waals surface area contributed by atoms with E-state index in [1.807, 2.05) is 54.2 Å². The number of furan rings is 1. The van der Waals surface area contributed by atoms with E-state index in [-0.39, 0.29) is 0 Å². The smallest absolute Gasteiger partial charge is 0.188 e. The van der Waals surface area contributed by atoms with Crippen LogP contribution in [0.4, 0.5) is 0 Å². The van der Waals surface area contributed by atoms with Crippen molar-refractivity contribution < 1.29 is 4.42 Å². The largest absolute Gasteiger partial charge is 0.463 e. The number of rotatable bonds is 5. The summed E-state index contributed by atoms with van der Waals surface area (Å²) in [5.74, 6) is 1.42. The van der Waals surface area contributed by atoms with Crippen LogP contribution in [0.5, 0.6) is 0 Å². The molecule has 0 aliphatic rings. The van der Waals surface area contributed by atoms with Crippen molar-refractivity contribution in [2.45, 2.75) is 6.54 Å². The third-order valence-corrected chi connectivity index (χ3v) is 5.17. The van der Waals surface area contributed by atoms with E-state index in [2.05, 4.69) is 19.5 Å². The van der Waals surface area contributed by atoms with Gasteiger partial charge in [-0.25, -0.2) is 19.9 Å². The summed E-state index contributed by atoms with van der Waals surface area (Å²) in [6.07, 6.45) is 6.95. The molecule has 5 rings (SSSR count). The molecule has 4 heterocycles. The first-order valence-electron chi connectivity index (χ1n) is 8.75. The van der Waals surface area contributed by atoms with E-state index >= 15 is 0 Å². The molecule has 0 bridgehead atoms. The lowest BCUT2D eigenvalue weighted by Gasteiger charge is -2.07. The number of thiazole rings is 1. The summed E-state index contributed by atoms with van der Waals surface area (Å²) in [7, 11) is 0. The van der Waals surface area contributed by atoms with Crippen molar-refractivity contribution in [1.29, 1.82) is 0 Å². The molecule has 28 heavy (non-hydrogen) atoms. The molecule has 0 saturated carbocycles. The Morgan fingerprint density at radius 3 is 2.57 bits per heavy atom. The second-order valence-corrected chi connectivity index (χ2v) is 6.99. The van der Waals surface area contributed by atoms with Crippen molar-refractivity contribution in [1.82, 2.24) is 24.5 Å². The summed E-state index contributed by atoms with van der Waals surface area (Å²) in [5.41, 5.74) is 3.79. The first-order chi connectivity index (χ1) is 13.9. The van der Waals surface area contributed by atoms with Gasteiger partial charge in [-0.3, -0.25) is 0 Å². The second kappa shape index (κ2) is 7.21. The molecule has 0 amide bonds. The summed E-state index contributed by atoms with van der Waals surface area (Å²) in [5, 5.41) is 2.83. The zero-order chi connectivity index (χ0) is 18.8. The van der Waals surface area contributed by atoms with Crippen molar-refractivity contribution in [3.05, 3.63) is 84.6 Å². The molecule has 7 heteroatoms. The van der Waals surface area contributed by atoms with Crippen LogP contribution < -0.4 is 0 Å². The fourth-order valence-electron chi connectivity index (χ4n) is 3.05. The highest BCUT2D eigenvalue weighted by molar-refractivity contribution is 7.13. The molecule has 4 aromatic heterocycles. The third kappa shape index (κ3) is 3.12. The van der Waals surface area contributed by atoms with Crippen LogP contribution in [0.3, 0.4) is 0 Å². The van der Waals surface area contributed by atoms with E-state index in [4.69, 9.17) is 9.40 Å². The van der Waals surface area contributed by atoms with E-state index in [0.29, 0.717) is 12.4 Å². The molecule has 0 unspecified atom stereocenters. The average Bonchev–Trinajstić information content (AvgIpc) is 3.50. The van der Waals surface area contributed by atoms with Crippen molar-refractivity contribution >= 4 is 11.3 Å². The number of aromatic nitrogens is 5. The minimum absolute atomic E-state index is 0.583. The van der Waals surface area contributed by atoms with Crippen LogP contribution in [0, 0.1) is 0 Å². The van der Waals surface area contributed by atoms with Crippen molar-refractivity contribution in [3.8, 4) is 33.5 Å². The van der Waals surface area contributed by atoms with E-state index in [9.17, 15) is 0 Å². The van der Waals surface area contributed by atoms with Gasteiger partial charge in [0.15, 0.2) is 16.6 Å². The number of benzene rings is 1. The predicted octanol–water partition coefficient (Wildman–Crippen LogP) is 4.77. The van der Waals surface area contributed by atoms with Crippen LogP contribution in [0.25, 0.3) is 33.5 Å². The van der Waals surface area contributed by atoms with E-state index in [1.54, 1.807) is 24.7 Å². The maximum atomic E-state index is 5.69. The molecule has 0 aliphatic carbocycles. The van der Waals surface area contributed by atoms with Crippen LogP contribution in [-0.4, -0.2) is 24.5 Å². The van der Waals surface area contributed by atoms with E-state index < -0.39 is 0 Å². The first-order valence-corrected chi connectivity index (χ1v) is 9.62. The number of nitrogens with zero attached hydrogens (tertiary/aromatic N) is 5. The molecule has 0 aliphatic heterocycles. The van der Waals surface area contributed by atoms with Crippen LogP contribution in [0.2, 0.25) is 0 Å². The summed E-state index contributed by atoms with van der Waals surface area (Å²) in [6, 6.07) is 15.7. The lowest BCUT2D eigenvalue weighted by atomic mass is 10.1. The Kier molecular flexibility index (Phi) is 4.27. The Morgan fingerprint density at radius 1 is 0.929 bits per heavy atom. The summed E-state index contributed by atoms with van der Waals surface area (Å²) in [4.78, 5) is 17.9. The number of imidazole rings is 1. The van der Waals surface area contributed by atoms with Crippen molar-refractivity contribution in [2.24, 2.45) is 0 Å². The fraction of sp³-hybridized carbons (Fsp3) is 0.0476. The van der Waals surface area contributed by atoms with Crippen LogP contribution in [0.1, 0.15) is 5.69 Å². The van der Waals surface area contributed by atoms with E-state index in [1.165, 1.54) is 11.3 Å². The molecule has 0 radical (unpaired) electrons.